The van der Waals surface area contributed by atoms with Gasteiger partial charge in [-0.05, 0) is 73.2 Å². The molecule has 0 radical (unpaired) electrons. The fraction of sp³-hybridized carbons (Fsp3) is 0.261. The number of hydrogen-bond donors (Lipinski definition) is 4. The van der Waals surface area contributed by atoms with Crippen LogP contribution in [0.15, 0.2) is 97.8 Å². The molecule has 300 valence electrons. The molecule has 0 spiro atoms. The number of carbonyl (C=O) groups excluding carboxylic acids is 2. The van der Waals surface area contributed by atoms with Crippen LogP contribution in [0.3, 0.4) is 0 Å². The Bertz CT molecular complexity index is 2820. The number of fused-ring (bicyclic) bond motifs is 2. The summed E-state index contributed by atoms with van der Waals surface area (Å²) < 4.78 is 13.6. The van der Waals surface area contributed by atoms with Gasteiger partial charge in [0.1, 0.15) is 23.3 Å². The molecule has 0 unspecified atom stereocenters. The maximum absolute atomic E-state index is 13.6. The first kappa shape index (κ1) is 40.3. The lowest BCUT2D eigenvalue weighted by Crippen LogP contribution is -2.34. The number of aryl methyl sites for hydroxylation is 1. The summed E-state index contributed by atoms with van der Waals surface area (Å²) >= 11 is 0. The smallest absolute Gasteiger partial charge is 0.336 e. The molecule has 1 fully saturated rings. The maximum Gasteiger partial charge on any atom is 0.336 e. The van der Waals surface area contributed by atoms with E-state index in [0.29, 0.717) is 40.6 Å². The fourth-order valence-corrected chi connectivity index (χ4v) is 7.46. The van der Waals surface area contributed by atoms with Crippen molar-refractivity contribution in [2.45, 2.75) is 77.2 Å². The number of aromatic amines is 1. The molecule has 0 amide bonds. The second-order valence-electron chi connectivity index (χ2n) is 14.4. The van der Waals surface area contributed by atoms with Gasteiger partial charge in [-0.3, -0.25) is 28.7 Å². The highest BCUT2D eigenvalue weighted by atomic mass is 16.5. The molecule has 4 aromatic rings. The lowest BCUT2D eigenvalue weighted by atomic mass is 9.87. The quantitative estimate of drug-likeness (QED) is 0.0571. The summed E-state index contributed by atoms with van der Waals surface area (Å²) in [6, 6.07) is 18.3. The summed E-state index contributed by atoms with van der Waals surface area (Å²) in [6.45, 7) is 2.34. The van der Waals surface area contributed by atoms with Gasteiger partial charge in [-0.15, -0.1) is 5.92 Å². The van der Waals surface area contributed by atoms with Crippen molar-refractivity contribution in [3.63, 3.8) is 0 Å². The minimum absolute atomic E-state index is 0.00412. The molecule has 5 N–H and O–H groups in total. The van der Waals surface area contributed by atoms with E-state index >= 15 is 0 Å². The van der Waals surface area contributed by atoms with E-state index in [9.17, 15) is 39.0 Å². The van der Waals surface area contributed by atoms with Gasteiger partial charge in [0.05, 0.1) is 11.7 Å². The lowest BCUT2D eigenvalue weighted by Gasteiger charge is -2.19. The number of ketones is 2. The van der Waals surface area contributed by atoms with Crippen LogP contribution in [-0.2, 0) is 24.1 Å². The number of carboxylic acid groups (broad SMARTS) is 1. The SMILES string of the molecule is CC[C@@H]1CC[C@H](n2cc(CC#CCCC(=O)c3ccc(C(=O)O)c(-c4c5ccc(=O)cc-5oc5c(CCC(=O)c6ccc(CN)cc6)c(O)ccc45)c3)c(=O)[nH]c2=O)O1. The third kappa shape index (κ3) is 8.55. The molecule has 59 heavy (non-hydrogen) atoms. The van der Waals surface area contributed by atoms with Gasteiger partial charge in [-0.1, -0.05) is 43.2 Å². The van der Waals surface area contributed by atoms with Gasteiger partial charge in [0, 0.05) is 83.3 Å². The molecule has 1 aliphatic carbocycles. The molecule has 3 heterocycles. The minimum atomic E-state index is -1.26. The second-order valence-corrected chi connectivity index (χ2v) is 14.4. The van der Waals surface area contributed by atoms with Crippen molar-refractivity contribution in [1.29, 1.82) is 0 Å². The van der Waals surface area contributed by atoms with E-state index in [1.54, 1.807) is 30.3 Å². The summed E-state index contributed by atoms with van der Waals surface area (Å²) in [6.07, 6.45) is 3.57. The summed E-state index contributed by atoms with van der Waals surface area (Å²) in [7, 11) is 0. The molecular formula is C46H41N3O10. The molecule has 13 nitrogen and oxygen atoms in total. The molecule has 2 aliphatic heterocycles. The predicted octanol–water partition coefficient (Wildman–Crippen LogP) is 6.39. The van der Waals surface area contributed by atoms with Crippen molar-refractivity contribution in [2.75, 3.05) is 0 Å². The number of Topliss-reactive ketones (excluding diaryl/α,β-unsaturated/α-hetero) is 2. The molecule has 0 bridgehead atoms. The van der Waals surface area contributed by atoms with Gasteiger partial charge in [0.2, 0.25) is 0 Å². The number of ether oxygens (including phenoxy) is 1. The number of nitrogens with zero attached hydrogens (tertiary/aromatic N) is 1. The van der Waals surface area contributed by atoms with E-state index in [2.05, 4.69) is 16.8 Å². The average molecular weight is 796 g/mol. The van der Waals surface area contributed by atoms with E-state index in [0.717, 1.165) is 18.4 Å². The Morgan fingerprint density at radius 3 is 2.39 bits per heavy atom. The number of H-pyrrole nitrogens is 1. The molecule has 13 heteroatoms. The maximum atomic E-state index is 13.6. The van der Waals surface area contributed by atoms with Crippen LogP contribution in [0, 0.1) is 11.8 Å². The van der Waals surface area contributed by atoms with Crippen molar-refractivity contribution in [2.24, 2.45) is 5.73 Å². The number of nitrogens with two attached hydrogens (primary N) is 1. The van der Waals surface area contributed by atoms with Crippen LogP contribution < -0.4 is 22.4 Å². The highest BCUT2D eigenvalue weighted by Crippen LogP contribution is 2.44. The Labute approximate surface area is 337 Å². The summed E-state index contributed by atoms with van der Waals surface area (Å²) in [5.41, 5.74) is 7.33. The number of aromatic nitrogens is 2. The number of hydrogen-bond acceptors (Lipinski definition) is 10. The normalized spacial score (nSPS) is 14.9. The van der Waals surface area contributed by atoms with Crippen molar-refractivity contribution in [3.05, 3.63) is 143 Å². The van der Waals surface area contributed by atoms with E-state index in [4.69, 9.17) is 14.9 Å². The van der Waals surface area contributed by atoms with Crippen LogP contribution in [0.25, 0.3) is 33.4 Å². The molecule has 7 rings (SSSR count). The van der Waals surface area contributed by atoms with Gasteiger partial charge in [0.25, 0.3) is 5.56 Å². The number of carbonyl (C=O) groups is 3. The summed E-state index contributed by atoms with van der Waals surface area (Å²) in [5.74, 6) is 4.04. The van der Waals surface area contributed by atoms with E-state index in [-0.39, 0.29) is 94.5 Å². The first-order valence-electron chi connectivity index (χ1n) is 19.4. The van der Waals surface area contributed by atoms with Gasteiger partial charge < -0.3 is 25.1 Å². The highest BCUT2D eigenvalue weighted by Gasteiger charge is 2.27. The molecule has 3 aliphatic rings. The topological polar surface area (TPSA) is 212 Å². The number of nitrogens with one attached hydrogen (secondary N) is 1. The number of phenols is 1. The highest BCUT2D eigenvalue weighted by molar-refractivity contribution is 6.10. The largest absolute Gasteiger partial charge is 0.508 e. The Morgan fingerprint density at radius 1 is 0.898 bits per heavy atom. The lowest BCUT2D eigenvalue weighted by molar-refractivity contribution is -0.00214. The number of rotatable bonds is 13. The van der Waals surface area contributed by atoms with Crippen LogP contribution in [0.2, 0.25) is 0 Å². The van der Waals surface area contributed by atoms with Gasteiger partial charge in [-0.2, -0.15) is 0 Å². The zero-order chi connectivity index (χ0) is 41.8. The average Bonchev–Trinajstić information content (AvgIpc) is 3.72. The van der Waals surface area contributed by atoms with Crippen molar-refractivity contribution < 1.29 is 33.8 Å². The Morgan fingerprint density at radius 2 is 1.66 bits per heavy atom. The van der Waals surface area contributed by atoms with Crippen LogP contribution in [0.1, 0.15) is 99.4 Å². The Hall–Kier alpha value is -6.88. The second kappa shape index (κ2) is 17.3. The van der Waals surface area contributed by atoms with E-state index < -0.39 is 23.4 Å². The van der Waals surface area contributed by atoms with Gasteiger partial charge in [-0.25, -0.2) is 9.59 Å². The number of benzene rings is 4. The standard InChI is InChI=1S/C46H41N3O10/c1-2-31-14-21-41(58-31)49-25-29(44(54)48-46(49)57)6-4-3-5-7-37(51)28-12-15-32(45(55)56)36(22-28)42-34-16-13-30(50)23-40(34)59-43-33(39(53)20-18-35(42)43)17-19-38(52)27-10-8-26(24-47)9-11-27/h8-13,15-16,18,20,22-23,25,31,41,53H,2,5-7,14,17,19,21,24,47H2,1H3,(H,55,56)(H,48,54,57)/t31-,41-/m1/s1. The first-order chi connectivity index (χ1) is 28.4. The number of aromatic hydroxyl groups is 1. The Balaban J connectivity index is 1.18. The van der Waals surface area contributed by atoms with Crippen molar-refractivity contribution >= 4 is 28.5 Å². The number of aromatic carboxylic acids is 1. The molecule has 3 aromatic carbocycles. The summed E-state index contributed by atoms with van der Waals surface area (Å²) in [4.78, 5) is 79.4. The number of phenolic OH excluding ortho intramolecular Hbond substituents is 1. The first-order valence-corrected chi connectivity index (χ1v) is 19.4. The van der Waals surface area contributed by atoms with Crippen molar-refractivity contribution in [3.8, 4) is 40.0 Å². The van der Waals surface area contributed by atoms with Crippen LogP contribution in [0.4, 0.5) is 0 Å². The van der Waals surface area contributed by atoms with Gasteiger partial charge >= 0.3 is 11.7 Å². The third-order valence-electron chi connectivity index (χ3n) is 10.7. The molecular weight excluding hydrogens is 755 g/mol. The van der Waals surface area contributed by atoms with E-state index in [1.807, 2.05) is 6.92 Å². The molecule has 1 aromatic heterocycles. The van der Waals surface area contributed by atoms with E-state index in [1.165, 1.54) is 53.2 Å². The number of carboxylic acids is 1. The monoisotopic (exact) mass is 795 g/mol. The fourth-order valence-electron chi connectivity index (χ4n) is 7.46. The minimum Gasteiger partial charge on any atom is -0.508 e. The zero-order valence-electron chi connectivity index (χ0n) is 32.2. The molecule has 2 atom stereocenters. The Kier molecular flexibility index (Phi) is 11.8. The third-order valence-corrected chi connectivity index (χ3v) is 10.7. The molecule has 0 saturated carbocycles. The molecule has 1 saturated heterocycles. The van der Waals surface area contributed by atoms with Crippen LogP contribution in [0.5, 0.6) is 5.75 Å². The van der Waals surface area contributed by atoms with Crippen LogP contribution in [-0.4, -0.2) is 43.4 Å². The van der Waals surface area contributed by atoms with Gasteiger partial charge in [0.15, 0.2) is 17.0 Å². The summed E-state index contributed by atoms with van der Waals surface area (Å²) in [5, 5.41) is 21.8. The van der Waals surface area contributed by atoms with Crippen molar-refractivity contribution in [1.82, 2.24) is 9.55 Å². The zero-order valence-corrected chi connectivity index (χ0v) is 32.2. The van der Waals surface area contributed by atoms with Crippen LogP contribution >= 0.6 is 0 Å². The predicted molar refractivity (Wildman–Crippen MR) is 220 cm³/mol.